The molecule has 2 saturated heterocycles. The Morgan fingerprint density at radius 2 is 1.64 bits per heavy atom. The molecule has 3 aromatic rings. The van der Waals surface area contributed by atoms with Gasteiger partial charge in [-0.1, -0.05) is 12.1 Å². The van der Waals surface area contributed by atoms with Crippen LogP contribution in [-0.2, 0) is 13.1 Å². The van der Waals surface area contributed by atoms with Crippen LogP contribution >= 0.6 is 11.3 Å². The zero-order valence-corrected chi connectivity index (χ0v) is 17.1. The highest BCUT2D eigenvalue weighted by molar-refractivity contribution is 7.10. The Kier molecular flexibility index (Phi) is 5.25. The minimum Gasteiger partial charge on any atom is -0.353 e. The molecule has 2 aromatic heterocycles. The van der Waals surface area contributed by atoms with Gasteiger partial charge >= 0.3 is 0 Å². The summed E-state index contributed by atoms with van der Waals surface area (Å²) in [5.74, 6) is 1.08. The van der Waals surface area contributed by atoms with Gasteiger partial charge in [-0.25, -0.2) is 9.97 Å². The summed E-state index contributed by atoms with van der Waals surface area (Å²) in [5.41, 5.74) is 2.52. The number of fused-ring (bicyclic) bond motifs is 1. The Labute approximate surface area is 170 Å². The van der Waals surface area contributed by atoms with Crippen molar-refractivity contribution in [2.45, 2.75) is 25.9 Å². The van der Waals surface area contributed by atoms with Gasteiger partial charge in [0.2, 0.25) is 0 Å². The summed E-state index contributed by atoms with van der Waals surface area (Å²) in [7, 11) is 0. The lowest BCUT2D eigenvalue weighted by atomic mass is 10.2. The molecule has 4 heterocycles. The van der Waals surface area contributed by atoms with Crippen molar-refractivity contribution in [3.05, 3.63) is 52.5 Å². The van der Waals surface area contributed by atoms with Gasteiger partial charge in [-0.2, -0.15) is 0 Å². The lowest BCUT2D eigenvalue weighted by Gasteiger charge is -2.35. The van der Waals surface area contributed by atoms with Gasteiger partial charge in [-0.15, -0.1) is 11.3 Å². The highest BCUT2D eigenvalue weighted by Gasteiger charge is 2.20. The summed E-state index contributed by atoms with van der Waals surface area (Å²) in [6.07, 6.45) is 4.42. The molecule has 0 bridgehead atoms. The summed E-state index contributed by atoms with van der Waals surface area (Å²) >= 11 is 1.92. The highest BCUT2D eigenvalue weighted by atomic mass is 32.1. The van der Waals surface area contributed by atoms with E-state index in [2.05, 4.69) is 54.3 Å². The number of benzene rings is 1. The zero-order chi connectivity index (χ0) is 18.8. The molecular formula is C22H27N5S. The van der Waals surface area contributed by atoms with Gasteiger partial charge in [0.1, 0.15) is 12.1 Å². The second-order valence-electron chi connectivity index (χ2n) is 7.88. The summed E-state index contributed by atoms with van der Waals surface area (Å²) in [5, 5.41) is 3.51. The number of anilines is 1. The van der Waals surface area contributed by atoms with Crippen LogP contribution < -0.4 is 4.90 Å². The number of hydrogen-bond donors (Lipinski definition) is 0. The van der Waals surface area contributed by atoms with Crippen molar-refractivity contribution in [1.82, 2.24) is 19.8 Å². The molecule has 0 unspecified atom stereocenters. The normalized spacial score (nSPS) is 18.9. The third-order valence-electron chi connectivity index (χ3n) is 5.89. The Morgan fingerprint density at radius 3 is 2.50 bits per heavy atom. The molecule has 2 aliphatic rings. The first kappa shape index (κ1) is 18.0. The Hall–Kier alpha value is -2.02. The molecule has 0 aliphatic carbocycles. The molecular weight excluding hydrogens is 366 g/mol. The first-order chi connectivity index (χ1) is 13.8. The summed E-state index contributed by atoms with van der Waals surface area (Å²) in [6, 6.07) is 10.7. The third-order valence-corrected chi connectivity index (χ3v) is 6.86. The molecule has 146 valence electrons. The number of aromatic nitrogens is 2. The maximum absolute atomic E-state index is 4.59. The van der Waals surface area contributed by atoms with Crippen LogP contribution in [-0.4, -0.2) is 59.0 Å². The van der Waals surface area contributed by atoms with Crippen molar-refractivity contribution < 1.29 is 0 Å². The van der Waals surface area contributed by atoms with Crippen LogP contribution in [0.25, 0.3) is 10.9 Å². The SMILES string of the molecule is c1ccc2c(N3CCN(Cc4cc(CN5CCCC5)cs4)CC3)ncnc2c1. The minimum atomic E-state index is 1.02. The van der Waals surface area contributed by atoms with E-state index in [4.69, 9.17) is 0 Å². The minimum absolute atomic E-state index is 1.02. The molecule has 0 saturated carbocycles. The Balaban J connectivity index is 1.19. The third kappa shape index (κ3) is 3.90. The topological polar surface area (TPSA) is 35.5 Å². The van der Waals surface area contributed by atoms with Gasteiger partial charge in [-0.05, 0) is 55.1 Å². The van der Waals surface area contributed by atoms with Crippen molar-refractivity contribution in [1.29, 1.82) is 0 Å². The summed E-state index contributed by atoms with van der Waals surface area (Å²) in [4.78, 5) is 18.0. The summed E-state index contributed by atoms with van der Waals surface area (Å²) in [6.45, 7) is 8.94. The maximum Gasteiger partial charge on any atom is 0.139 e. The van der Waals surface area contributed by atoms with E-state index in [-0.39, 0.29) is 0 Å². The smallest absolute Gasteiger partial charge is 0.139 e. The first-order valence-corrected chi connectivity index (χ1v) is 11.2. The van der Waals surface area contributed by atoms with Gasteiger partial charge < -0.3 is 4.90 Å². The molecule has 0 N–H and O–H groups in total. The van der Waals surface area contributed by atoms with E-state index in [9.17, 15) is 0 Å². The largest absolute Gasteiger partial charge is 0.353 e. The average Bonchev–Trinajstić information content (AvgIpc) is 3.41. The quantitative estimate of drug-likeness (QED) is 0.662. The van der Waals surface area contributed by atoms with Crippen molar-refractivity contribution in [3.8, 4) is 0 Å². The van der Waals surface area contributed by atoms with Crippen LogP contribution in [0.5, 0.6) is 0 Å². The van der Waals surface area contributed by atoms with Gasteiger partial charge in [0.15, 0.2) is 0 Å². The molecule has 0 amide bonds. The number of para-hydroxylation sites is 1. The van der Waals surface area contributed by atoms with E-state index in [0.717, 1.165) is 56.0 Å². The molecule has 5 nitrogen and oxygen atoms in total. The van der Waals surface area contributed by atoms with Crippen LogP contribution in [0.1, 0.15) is 23.3 Å². The van der Waals surface area contributed by atoms with E-state index < -0.39 is 0 Å². The second-order valence-corrected chi connectivity index (χ2v) is 8.88. The lowest BCUT2D eigenvalue weighted by Crippen LogP contribution is -2.46. The van der Waals surface area contributed by atoms with Crippen LogP contribution in [0.3, 0.4) is 0 Å². The fourth-order valence-corrected chi connectivity index (χ4v) is 5.29. The van der Waals surface area contributed by atoms with Gasteiger partial charge in [0, 0.05) is 49.5 Å². The van der Waals surface area contributed by atoms with Crippen LogP contribution in [0.15, 0.2) is 42.0 Å². The van der Waals surface area contributed by atoms with E-state index >= 15 is 0 Å². The van der Waals surface area contributed by atoms with Crippen molar-refractivity contribution in [2.75, 3.05) is 44.2 Å². The number of likely N-dealkylation sites (tertiary alicyclic amines) is 1. The fourth-order valence-electron chi connectivity index (χ4n) is 4.37. The van der Waals surface area contributed by atoms with Crippen molar-refractivity contribution >= 4 is 28.1 Å². The van der Waals surface area contributed by atoms with Crippen LogP contribution in [0, 0.1) is 0 Å². The summed E-state index contributed by atoms with van der Waals surface area (Å²) < 4.78 is 0. The van der Waals surface area contributed by atoms with Gasteiger partial charge in [0.05, 0.1) is 5.52 Å². The number of thiophene rings is 1. The lowest BCUT2D eigenvalue weighted by molar-refractivity contribution is 0.251. The highest BCUT2D eigenvalue weighted by Crippen LogP contribution is 2.25. The van der Waals surface area contributed by atoms with E-state index in [1.807, 2.05) is 17.4 Å². The average molecular weight is 394 g/mol. The molecule has 2 aliphatic heterocycles. The molecule has 0 atom stereocenters. The van der Waals surface area contributed by atoms with Crippen molar-refractivity contribution in [3.63, 3.8) is 0 Å². The van der Waals surface area contributed by atoms with Gasteiger partial charge in [0.25, 0.3) is 0 Å². The van der Waals surface area contributed by atoms with E-state index in [0.29, 0.717) is 0 Å². The molecule has 28 heavy (non-hydrogen) atoms. The Morgan fingerprint density at radius 1 is 0.857 bits per heavy atom. The molecule has 1 aromatic carbocycles. The number of hydrogen-bond acceptors (Lipinski definition) is 6. The first-order valence-electron chi connectivity index (χ1n) is 10.3. The van der Waals surface area contributed by atoms with Crippen LogP contribution in [0.4, 0.5) is 5.82 Å². The van der Waals surface area contributed by atoms with Crippen LogP contribution in [0.2, 0.25) is 0 Å². The molecule has 2 fully saturated rings. The number of rotatable bonds is 5. The zero-order valence-electron chi connectivity index (χ0n) is 16.3. The molecule has 6 heteroatoms. The van der Waals surface area contributed by atoms with Crippen molar-refractivity contribution in [2.24, 2.45) is 0 Å². The monoisotopic (exact) mass is 393 g/mol. The predicted molar refractivity (Wildman–Crippen MR) is 116 cm³/mol. The molecule has 5 rings (SSSR count). The van der Waals surface area contributed by atoms with Gasteiger partial charge in [-0.3, -0.25) is 9.80 Å². The standard InChI is InChI=1S/C22H27N5S/c1-2-6-21-20(5-1)22(24-17-23-21)27-11-9-26(10-12-27)15-19-13-18(16-28-19)14-25-7-3-4-8-25/h1-2,5-6,13,16-17H,3-4,7-12,14-15H2. The number of nitrogens with zero attached hydrogens (tertiary/aromatic N) is 5. The van der Waals surface area contributed by atoms with E-state index in [1.54, 1.807) is 6.33 Å². The molecule has 0 radical (unpaired) electrons. The fraction of sp³-hybridized carbons (Fsp3) is 0.455. The maximum atomic E-state index is 4.59. The molecule has 0 spiro atoms. The number of piperazine rings is 1. The van der Waals surface area contributed by atoms with E-state index in [1.165, 1.54) is 36.4 Å². The predicted octanol–water partition coefficient (Wildman–Crippen LogP) is 3.61. The second kappa shape index (κ2) is 8.15. The Bertz CT molecular complexity index is 920.